The van der Waals surface area contributed by atoms with E-state index in [4.69, 9.17) is 0 Å². The van der Waals surface area contributed by atoms with Crippen LogP contribution in [0.3, 0.4) is 0 Å². The third-order valence-corrected chi connectivity index (χ3v) is 5.85. The summed E-state index contributed by atoms with van der Waals surface area (Å²) in [6.07, 6.45) is 1.99. The minimum Gasteiger partial charge on any atom is -0.255 e. The maximum Gasteiger partial charge on any atom is 0.263 e. The maximum atomic E-state index is 12.3. The number of nitrogens with one attached hydrogen (secondary N) is 1. The van der Waals surface area contributed by atoms with E-state index in [0.717, 1.165) is 21.9 Å². The van der Waals surface area contributed by atoms with E-state index in [2.05, 4.69) is 9.71 Å². The molecule has 20 heavy (non-hydrogen) atoms. The zero-order valence-corrected chi connectivity index (χ0v) is 14.0. The smallest absolute Gasteiger partial charge is 0.255 e. The molecule has 2 rings (SSSR count). The summed E-state index contributed by atoms with van der Waals surface area (Å²) in [4.78, 5) is 5.49. The van der Waals surface area contributed by atoms with Crippen molar-refractivity contribution in [3.8, 4) is 0 Å². The number of rotatable bonds is 5. The van der Waals surface area contributed by atoms with E-state index >= 15 is 0 Å². The fourth-order valence-corrected chi connectivity index (χ4v) is 4.29. The van der Waals surface area contributed by atoms with Crippen molar-refractivity contribution in [1.29, 1.82) is 0 Å². The number of nitrogens with zero attached hydrogens (tertiary/aromatic N) is 1. The van der Waals surface area contributed by atoms with Gasteiger partial charge in [0, 0.05) is 10.6 Å². The second-order valence-electron chi connectivity index (χ2n) is 4.35. The zero-order valence-electron chi connectivity index (χ0n) is 11.5. The molecule has 1 aromatic heterocycles. The van der Waals surface area contributed by atoms with Crippen LogP contribution in [-0.2, 0) is 15.8 Å². The Labute approximate surface area is 127 Å². The molecule has 1 heterocycles. The summed E-state index contributed by atoms with van der Waals surface area (Å²) in [6.45, 7) is 3.78. The van der Waals surface area contributed by atoms with Gasteiger partial charge in [0.15, 0.2) is 5.13 Å². The predicted molar refractivity (Wildman–Crippen MR) is 86.1 cm³/mol. The first-order valence-electron chi connectivity index (χ1n) is 5.97. The largest absolute Gasteiger partial charge is 0.263 e. The second-order valence-corrected chi connectivity index (χ2v) is 8.10. The number of hydrogen-bond donors (Lipinski definition) is 1. The van der Waals surface area contributed by atoms with Crippen LogP contribution in [0.5, 0.6) is 0 Å². The number of sulfonamides is 1. The monoisotopic (exact) mass is 328 g/mol. The average molecular weight is 328 g/mol. The third kappa shape index (κ3) is 3.53. The van der Waals surface area contributed by atoms with Crippen molar-refractivity contribution >= 4 is 38.3 Å². The number of aromatic nitrogens is 1. The van der Waals surface area contributed by atoms with E-state index in [1.54, 1.807) is 30.0 Å². The Morgan fingerprint density at radius 2 is 2.10 bits per heavy atom. The van der Waals surface area contributed by atoms with Crippen LogP contribution in [0.2, 0.25) is 0 Å². The van der Waals surface area contributed by atoms with Crippen molar-refractivity contribution in [2.45, 2.75) is 24.5 Å². The SMILES string of the molecule is CSCc1cccc(S(=O)(=O)Nc2nc(C)c(C)s2)c1. The van der Waals surface area contributed by atoms with Crippen LogP contribution in [0.1, 0.15) is 16.1 Å². The van der Waals surface area contributed by atoms with Crippen molar-refractivity contribution in [2.24, 2.45) is 0 Å². The van der Waals surface area contributed by atoms with E-state index in [9.17, 15) is 8.42 Å². The fraction of sp³-hybridized carbons (Fsp3) is 0.308. The van der Waals surface area contributed by atoms with E-state index < -0.39 is 10.0 Å². The summed E-state index contributed by atoms with van der Waals surface area (Å²) in [7, 11) is -3.57. The average Bonchev–Trinajstić information content (AvgIpc) is 2.68. The molecule has 0 radical (unpaired) electrons. The minimum absolute atomic E-state index is 0.273. The van der Waals surface area contributed by atoms with Crippen molar-refractivity contribution in [2.75, 3.05) is 11.0 Å². The molecule has 0 unspecified atom stereocenters. The van der Waals surface area contributed by atoms with Crippen LogP contribution in [-0.4, -0.2) is 19.7 Å². The van der Waals surface area contributed by atoms with Crippen molar-refractivity contribution in [3.05, 3.63) is 40.4 Å². The Morgan fingerprint density at radius 1 is 1.35 bits per heavy atom. The van der Waals surface area contributed by atoms with Crippen LogP contribution in [0, 0.1) is 13.8 Å². The summed E-state index contributed by atoms with van der Waals surface area (Å²) in [6, 6.07) is 6.98. The van der Waals surface area contributed by atoms with Gasteiger partial charge in [-0.2, -0.15) is 11.8 Å². The van der Waals surface area contributed by atoms with Crippen LogP contribution < -0.4 is 4.72 Å². The van der Waals surface area contributed by atoms with Gasteiger partial charge in [-0.25, -0.2) is 13.4 Å². The van der Waals surface area contributed by atoms with Crippen molar-refractivity contribution in [3.63, 3.8) is 0 Å². The van der Waals surface area contributed by atoms with Crippen LogP contribution >= 0.6 is 23.1 Å². The molecule has 0 fully saturated rings. The third-order valence-electron chi connectivity index (χ3n) is 2.77. The standard InChI is InChI=1S/C13H16N2O2S3/c1-9-10(2)19-13(14-9)15-20(16,17)12-6-4-5-11(7-12)8-18-3/h4-7H,8H2,1-3H3,(H,14,15). The fourth-order valence-electron chi connectivity index (χ4n) is 1.66. The predicted octanol–water partition coefficient (Wildman–Crippen LogP) is 3.42. The van der Waals surface area contributed by atoms with E-state index in [0.29, 0.717) is 5.13 Å². The molecule has 0 saturated carbocycles. The lowest BCUT2D eigenvalue weighted by Crippen LogP contribution is -2.13. The van der Waals surface area contributed by atoms with Gasteiger partial charge >= 0.3 is 0 Å². The molecule has 0 aliphatic heterocycles. The lowest BCUT2D eigenvalue weighted by Gasteiger charge is -2.06. The number of anilines is 1. The van der Waals surface area contributed by atoms with Crippen molar-refractivity contribution < 1.29 is 8.42 Å². The Morgan fingerprint density at radius 3 is 2.70 bits per heavy atom. The first-order chi connectivity index (χ1) is 9.42. The summed E-state index contributed by atoms with van der Waals surface area (Å²) >= 11 is 3.00. The molecule has 0 aliphatic carbocycles. The molecular formula is C13H16N2O2S3. The van der Waals surface area contributed by atoms with Gasteiger partial charge in [-0.3, -0.25) is 4.72 Å². The molecule has 0 atom stereocenters. The highest BCUT2D eigenvalue weighted by Gasteiger charge is 2.17. The molecule has 7 heteroatoms. The summed E-state index contributed by atoms with van der Waals surface area (Å²) in [5, 5.41) is 0.412. The first-order valence-corrected chi connectivity index (χ1v) is 9.66. The van der Waals surface area contributed by atoms with E-state index in [-0.39, 0.29) is 4.90 Å². The van der Waals surface area contributed by atoms with Gasteiger partial charge in [0.05, 0.1) is 10.6 Å². The number of benzene rings is 1. The van der Waals surface area contributed by atoms with Gasteiger partial charge < -0.3 is 0 Å². The van der Waals surface area contributed by atoms with Crippen molar-refractivity contribution in [1.82, 2.24) is 4.98 Å². The Balaban J connectivity index is 2.28. The second kappa shape index (κ2) is 6.15. The Bertz CT molecular complexity index is 689. The van der Waals surface area contributed by atoms with E-state index in [1.807, 2.05) is 26.2 Å². The van der Waals surface area contributed by atoms with E-state index in [1.165, 1.54) is 11.3 Å². The van der Waals surface area contributed by atoms with Gasteiger partial charge in [0.1, 0.15) is 0 Å². The molecule has 2 aromatic rings. The van der Waals surface area contributed by atoms with Crippen LogP contribution in [0.25, 0.3) is 0 Å². The highest BCUT2D eigenvalue weighted by atomic mass is 32.2. The summed E-state index contributed by atoms with van der Waals surface area (Å²) in [5.74, 6) is 0.791. The molecule has 0 bridgehead atoms. The highest BCUT2D eigenvalue weighted by Crippen LogP contribution is 2.24. The summed E-state index contributed by atoms with van der Waals surface area (Å²) in [5.41, 5.74) is 1.84. The normalized spacial score (nSPS) is 11.6. The molecule has 0 aliphatic rings. The molecule has 1 aromatic carbocycles. The Hall–Kier alpha value is -1.05. The van der Waals surface area contributed by atoms with Gasteiger partial charge in [-0.1, -0.05) is 12.1 Å². The van der Waals surface area contributed by atoms with Crippen LogP contribution in [0.4, 0.5) is 5.13 Å². The van der Waals surface area contributed by atoms with Gasteiger partial charge in [-0.05, 0) is 37.8 Å². The molecule has 4 nitrogen and oxygen atoms in total. The van der Waals surface area contributed by atoms with Gasteiger partial charge in [0.2, 0.25) is 0 Å². The molecule has 1 N–H and O–H groups in total. The van der Waals surface area contributed by atoms with Gasteiger partial charge in [-0.15, -0.1) is 11.3 Å². The van der Waals surface area contributed by atoms with Crippen LogP contribution in [0.15, 0.2) is 29.2 Å². The molecule has 0 saturated heterocycles. The topological polar surface area (TPSA) is 59.1 Å². The molecule has 0 spiro atoms. The highest BCUT2D eigenvalue weighted by molar-refractivity contribution is 7.97. The maximum absolute atomic E-state index is 12.3. The number of hydrogen-bond acceptors (Lipinski definition) is 5. The Kier molecular flexibility index (Phi) is 4.72. The number of thioether (sulfide) groups is 1. The molecular weight excluding hydrogens is 312 g/mol. The molecule has 108 valence electrons. The quantitative estimate of drug-likeness (QED) is 0.913. The number of thiazole rings is 1. The lowest BCUT2D eigenvalue weighted by molar-refractivity contribution is 0.601. The number of aryl methyl sites for hydroxylation is 2. The molecule has 0 amide bonds. The lowest BCUT2D eigenvalue weighted by atomic mass is 10.2. The first kappa shape index (κ1) is 15.3. The minimum atomic E-state index is -3.57. The summed E-state index contributed by atoms with van der Waals surface area (Å²) < 4.78 is 27.2. The van der Waals surface area contributed by atoms with Gasteiger partial charge in [0.25, 0.3) is 10.0 Å². The zero-order chi connectivity index (χ0) is 14.8.